The van der Waals surface area contributed by atoms with Crippen LogP contribution in [0, 0.1) is 12.8 Å². The van der Waals surface area contributed by atoms with Crippen molar-refractivity contribution in [1.82, 2.24) is 9.88 Å². The first-order chi connectivity index (χ1) is 11.3. The van der Waals surface area contributed by atoms with Crippen molar-refractivity contribution < 1.29 is 18.0 Å². The maximum absolute atomic E-state index is 12.9. The number of thiazole rings is 1. The SMILES string of the molecule is Cc1nc(-c2cccs2)c(CC(=O)N2CCCC(C(F)(F)F)C2)s1. The Morgan fingerprint density at radius 1 is 1.46 bits per heavy atom. The third kappa shape index (κ3) is 3.80. The van der Waals surface area contributed by atoms with Crippen LogP contribution < -0.4 is 0 Å². The maximum atomic E-state index is 12.9. The molecule has 0 aromatic carbocycles. The molecule has 2 aromatic rings. The van der Waals surface area contributed by atoms with Gasteiger partial charge in [0.2, 0.25) is 5.91 Å². The summed E-state index contributed by atoms with van der Waals surface area (Å²) in [6, 6.07) is 3.85. The smallest absolute Gasteiger partial charge is 0.342 e. The topological polar surface area (TPSA) is 33.2 Å². The summed E-state index contributed by atoms with van der Waals surface area (Å²) in [7, 11) is 0. The number of thiophene rings is 1. The molecule has 0 aliphatic carbocycles. The van der Waals surface area contributed by atoms with E-state index in [-0.39, 0.29) is 25.3 Å². The van der Waals surface area contributed by atoms with Crippen LogP contribution in [0.15, 0.2) is 17.5 Å². The van der Waals surface area contributed by atoms with Crippen molar-refractivity contribution in [2.45, 2.75) is 32.4 Å². The number of hydrogen-bond acceptors (Lipinski definition) is 4. The lowest BCUT2D eigenvalue weighted by Crippen LogP contribution is -2.45. The predicted octanol–water partition coefficient (Wildman–Crippen LogP) is 4.52. The quantitative estimate of drug-likeness (QED) is 0.791. The molecule has 0 saturated carbocycles. The van der Waals surface area contributed by atoms with Crippen molar-refractivity contribution in [3.05, 3.63) is 27.4 Å². The highest BCUT2D eigenvalue weighted by molar-refractivity contribution is 7.15. The Hall–Kier alpha value is -1.41. The van der Waals surface area contributed by atoms with Crippen LogP contribution in [0.5, 0.6) is 0 Å². The number of carbonyl (C=O) groups is 1. The molecule has 0 N–H and O–H groups in total. The lowest BCUT2D eigenvalue weighted by molar-refractivity contribution is -0.187. The average Bonchev–Trinajstić information content (AvgIpc) is 3.16. The molecule has 0 spiro atoms. The van der Waals surface area contributed by atoms with E-state index in [1.54, 1.807) is 11.3 Å². The molecule has 3 heterocycles. The van der Waals surface area contributed by atoms with Crippen LogP contribution in [0.25, 0.3) is 10.6 Å². The number of alkyl halides is 3. The highest BCUT2D eigenvalue weighted by Crippen LogP contribution is 2.35. The number of hydrogen-bond donors (Lipinski definition) is 0. The molecule has 1 amide bonds. The highest BCUT2D eigenvalue weighted by atomic mass is 32.1. The van der Waals surface area contributed by atoms with Crippen LogP contribution in [0.1, 0.15) is 22.7 Å². The van der Waals surface area contributed by atoms with Crippen molar-refractivity contribution in [1.29, 1.82) is 0 Å². The van der Waals surface area contributed by atoms with Gasteiger partial charge in [-0.3, -0.25) is 4.79 Å². The van der Waals surface area contributed by atoms with Gasteiger partial charge in [-0.15, -0.1) is 22.7 Å². The molecule has 1 saturated heterocycles. The van der Waals surface area contributed by atoms with Gasteiger partial charge in [-0.1, -0.05) is 6.07 Å². The molecule has 1 aliphatic rings. The second kappa shape index (κ2) is 6.84. The Bertz CT molecular complexity index is 709. The third-order valence-electron chi connectivity index (χ3n) is 4.11. The number of aryl methyl sites for hydroxylation is 1. The largest absolute Gasteiger partial charge is 0.393 e. The lowest BCUT2D eigenvalue weighted by atomic mass is 9.97. The zero-order chi connectivity index (χ0) is 17.3. The fraction of sp³-hybridized carbons (Fsp3) is 0.500. The second-order valence-corrected chi connectivity index (χ2v) is 8.11. The molecule has 1 unspecified atom stereocenters. The maximum Gasteiger partial charge on any atom is 0.393 e. The van der Waals surface area contributed by atoms with E-state index in [0.717, 1.165) is 20.5 Å². The zero-order valence-corrected chi connectivity index (χ0v) is 14.7. The van der Waals surface area contributed by atoms with Gasteiger partial charge in [0.05, 0.1) is 27.9 Å². The molecular weight excluding hydrogens is 357 g/mol. The molecule has 3 rings (SSSR count). The minimum absolute atomic E-state index is 0.105. The van der Waals surface area contributed by atoms with Crippen molar-refractivity contribution >= 4 is 28.6 Å². The third-order valence-corrected chi connectivity index (χ3v) is 5.96. The number of piperidine rings is 1. The minimum atomic E-state index is -4.23. The molecule has 1 aliphatic heterocycles. The van der Waals surface area contributed by atoms with Gasteiger partial charge in [0.25, 0.3) is 0 Å². The molecule has 1 fully saturated rings. The Balaban J connectivity index is 1.74. The van der Waals surface area contributed by atoms with Crippen molar-refractivity contribution in [2.75, 3.05) is 13.1 Å². The first kappa shape index (κ1) is 17.4. The van der Waals surface area contributed by atoms with Gasteiger partial charge in [-0.05, 0) is 31.2 Å². The molecule has 1 atom stereocenters. The Labute approximate surface area is 146 Å². The summed E-state index contributed by atoms with van der Waals surface area (Å²) < 4.78 is 38.7. The molecule has 24 heavy (non-hydrogen) atoms. The summed E-state index contributed by atoms with van der Waals surface area (Å²) in [6.07, 6.45) is -3.62. The van der Waals surface area contributed by atoms with Crippen molar-refractivity contribution in [2.24, 2.45) is 5.92 Å². The second-order valence-electron chi connectivity index (χ2n) is 5.88. The Kier molecular flexibility index (Phi) is 4.96. The standard InChI is InChI=1S/C16H17F3N2OS2/c1-10-20-15(12-5-3-7-23-12)13(24-10)8-14(22)21-6-2-4-11(9-21)16(17,18)19/h3,5,7,11H,2,4,6,8-9H2,1H3. The van der Waals surface area contributed by atoms with Crippen molar-refractivity contribution in [3.63, 3.8) is 0 Å². The van der Waals surface area contributed by atoms with Crippen LogP contribution in [-0.2, 0) is 11.2 Å². The number of rotatable bonds is 3. The van der Waals surface area contributed by atoms with Gasteiger partial charge >= 0.3 is 6.18 Å². The molecule has 0 radical (unpaired) electrons. The monoisotopic (exact) mass is 374 g/mol. The summed E-state index contributed by atoms with van der Waals surface area (Å²) in [6.45, 7) is 2.04. The van der Waals surface area contributed by atoms with E-state index in [4.69, 9.17) is 0 Å². The number of aromatic nitrogens is 1. The number of amides is 1. The first-order valence-electron chi connectivity index (χ1n) is 7.69. The van der Waals surface area contributed by atoms with Gasteiger partial charge in [0, 0.05) is 18.0 Å². The molecule has 0 bridgehead atoms. The molecular formula is C16H17F3N2OS2. The van der Waals surface area contributed by atoms with Crippen LogP contribution in [0.2, 0.25) is 0 Å². The van der Waals surface area contributed by atoms with Gasteiger partial charge in [-0.2, -0.15) is 13.2 Å². The molecule has 2 aromatic heterocycles. The summed E-state index contributed by atoms with van der Waals surface area (Å²) in [5.74, 6) is -1.65. The van der Waals surface area contributed by atoms with Crippen LogP contribution >= 0.6 is 22.7 Å². The van der Waals surface area contributed by atoms with E-state index >= 15 is 0 Å². The van der Waals surface area contributed by atoms with Crippen molar-refractivity contribution in [3.8, 4) is 10.6 Å². The van der Waals surface area contributed by atoms with Crippen LogP contribution in [0.3, 0.4) is 0 Å². The van der Waals surface area contributed by atoms with Crippen LogP contribution in [0.4, 0.5) is 13.2 Å². The predicted molar refractivity (Wildman–Crippen MR) is 89.2 cm³/mol. The first-order valence-corrected chi connectivity index (χ1v) is 9.39. The fourth-order valence-corrected chi connectivity index (χ4v) is 4.66. The molecule has 3 nitrogen and oxygen atoms in total. The summed E-state index contributed by atoms with van der Waals surface area (Å²) in [5, 5.41) is 2.79. The Morgan fingerprint density at radius 2 is 2.25 bits per heavy atom. The average molecular weight is 374 g/mol. The number of halogens is 3. The van der Waals surface area contributed by atoms with Crippen LogP contribution in [-0.4, -0.2) is 35.1 Å². The fourth-order valence-electron chi connectivity index (χ4n) is 2.91. The number of likely N-dealkylation sites (tertiary alicyclic amines) is 1. The van der Waals surface area contributed by atoms with E-state index in [9.17, 15) is 18.0 Å². The summed E-state index contributed by atoms with van der Waals surface area (Å²) in [4.78, 5) is 20.2. The number of nitrogens with zero attached hydrogens (tertiary/aromatic N) is 2. The Morgan fingerprint density at radius 3 is 2.92 bits per heavy atom. The normalized spacial score (nSPS) is 18.8. The van der Waals surface area contributed by atoms with E-state index < -0.39 is 12.1 Å². The van der Waals surface area contributed by atoms with Gasteiger partial charge in [0.1, 0.15) is 0 Å². The summed E-state index contributed by atoms with van der Waals surface area (Å²) in [5.41, 5.74) is 0.783. The van der Waals surface area contributed by atoms with Gasteiger partial charge in [-0.25, -0.2) is 4.98 Å². The van der Waals surface area contributed by atoms with Gasteiger partial charge < -0.3 is 4.90 Å². The lowest BCUT2D eigenvalue weighted by Gasteiger charge is -2.33. The summed E-state index contributed by atoms with van der Waals surface area (Å²) >= 11 is 2.98. The van der Waals surface area contributed by atoms with E-state index in [1.165, 1.54) is 16.2 Å². The zero-order valence-electron chi connectivity index (χ0n) is 13.1. The van der Waals surface area contributed by atoms with Gasteiger partial charge in [0.15, 0.2) is 0 Å². The molecule has 8 heteroatoms. The van der Waals surface area contributed by atoms with E-state index in [2.05, 4.69) is 4.98 Å². The molecule has 130 valence electrons. The number of carbonyl (C=O) groups excluding carboxylic acids is 1. The minimum Gasteiger partial charge on any atom is -0.342 e. The van der Waals surface area contributed by atoms with E-state index in [0.29, 0.717) is 13.0 Å². The van der Waals surface area contributed by atoms with E-state index in [1.807, 2.05) is 24.4 Å². The highest BCUT2D eigenvalue weighted by Gasteiger charge is 2.42.